The van der Waals surface area contributed by atoms with Gasteiger partial charge in [0.25, 0.3) is 0 Å². The maximum Gasteiger partial charge on any atom is 0.209 e. The molecule has 0 rings (SSSR count). The third-order valence-electron chi connectivity index (χ3n) is 1.76. The molecule has 0 aliphatic carbocycles. The Labute approximate surface area is 80.5 Å². The van der Waals surface area contributed by atoms with E-state index in [-0.39, 0.29) is 17.8 Å². The van der Waals surface area contributed by atoms with Crippen molar-refractivity contribution in [1.82, 2.24) is 0 Å². The van der Waals surface area contributed by atoms with E-state index in [1.54, 1.807) is 0 Å². The van der Waals surface area contributed by atoms with Crippen molar-refractivity contribution in [3.63, 3.8) is 0 Å². The second-order valence-corrected chi connectivity index (χ2v) is 5.15. The number of hydrogen-bond donors (Lipinski definition) is 1. The van der Waals surface area contributed by atoms with Gasteiger partial charge in [0.1, 0.15) is 0 Å². The Morgan fingerprint density at radius 2 is 1.92 bits per heavy atom. The Morgan fingerprint density at radius 1 is 1.38 bits per heavy atom. The molecule has 0 saturated carbocycles. The lowest BCUT2D eigenvalue weighted by molar-refractivity contribution is 0.0461. The van der Waals surface area contributed by atoms with E-state index in [9.17, 15) is 8.42 Å². The maximum atomic E-state index is 10.7. The number of ether oxygens (including phenoxy) is 1. The SMILES string of the molecule is CCC(C)OCC(C)CS(N)(=O)=O. The molecular weight excluding hydrogens is 190 g/mol. The van der Waals surface area contributed by atoms with E-state index in [1.165, 1.54) is 0 Å². The van der Waals surface area contributed by atoms with Gasteiger partial charge in [0.2, 0.25) is 10.0 Å². The minimum Gasteiger partial charge on any atom is -0.378 e. The van der Waals surface area contributed by atoms with Crippen LogP contribution in [0.25, 0.3) is 0 Å². The van der Waals surface area contributed by atoms with E-state index < -0.39 is 10.0 Å². The summed E-state index contributed by atoms with van der Waals surface area (Å²) in [5, 5.41) is 4.89. The summed E-state index contributed by atoms with van der Waals surface area (Å²) in [5.41, 5.74) is 0. The number of sulfonamides is 1. The molecule has 0 fully saturated rings. The Kier molecular flexibility index (Phi) is 5.51. The van der Waals surface area contributed by atoms with E-state index in [4.69, 9.17) is 9.88 Å². The van der Waals surface area contributed by atoms with Gasteiger partial charge in [-0.25, -0.2) is 13.6 Å². The summed E-state index contributed by atoms with van der Waals surface area (Å²) >= 11 is 0. The van der Waals surface area contributed by atoms with E-state index in [0.29, 0.717) is 6.61 Å². The molecule has 0 aliphatic heterocycles. The van der Waals surface area contributed by atoms with Crippen LogP contribution in [0, 0.1) is 5.92 Å². The highest BCUT2D eigenvalue weighted by atomic mass is 32.2. The average Bonchev–Trinajstić information content (AvgIpc) is 1.97. The first-order chi connectivity index (χ1) is 5.85. The fraction of sp³-hybridized carbons (Fsp3) is 1.00. The van der Waals surface area contributed by atoms with Crippen molar-refractivity contribution in [2.75, 3.05) is 12.4 Å². The van der Waals surface area contributed by atoms with Crippen molar-refractivity contribution >= 4 is 10.0 Å². The first-order valence-electron chi connectivity index (χ1n) is 4.47. The van der Waals surface area contributed by atoms with Crippen molar-refractivity contribution < 1.29 is 13.2 Å². The van der Waals surface area contributed by atoms with E-state index in [2.05, 4.69) is 0 Å². The van der Waals surface area contributed by atoms with Crippen molar-refractivity contribution in [2.45, 2.75) is 33.3 Å². The monoisotopic (exact) mass is 209 g/mol. The number of primary sulfonamides is 1. The zero-order valence-electron chi connectivity index (χ0n) is 8.49. The van der Waals surface area contributed by atoms with Gasteiger partial charge in [0.15, 0.2) is 0 Å². The molecule has 0 amide bonds. The molecule has 2 N–H and O–H groups in total. The predicted octanol–water partition coefficient (Wildman–Crippen LogP) is 0.726. The van der Waals surface area contributed by atoms with Crippen LogP contribution >= 0.6 is 0 Å². The summed E-state index contributed by atoms with van der Waals surface area (Å²) < 4.78 is 26.7. The van der Waals surface area contributed by atoms with Crippen molar-refractivity contribution in [3.05, 3.63) is 0 Å². The zero-order chi connectivity index (χ0) is 10.5. The van der Waals surface area contributed by atoms with Crippen LogP contribution in [-0.4, -0.2) is 26.9 Å². The van der Waals surface area contributed by atoms with Gasteiger partial charge < -0.3 is 4.74 Å². The highest BCUT2D eigenvalue weighted by molar-refractivity contribution is 7.89. The van der Waals surface area contributed by atoms with Crippen molar-refractivity contribution in [1.29, 1.82) is 0 Å². The summed E-state index contributed by atoms with van der Waals surface area (Å²) in [6, 6.07) is 0. The largest absolute Gasteiger partial charge is 0.378 e. The Bertz CT molecular complexity index is 226. The minimum absolute atomic E-state index is 0.0105. The second kappa shape index (κ2) is 5.57. The molecule has 0 radical (unpaired) electrons. The van der Waals surface area contributed by atoms with Crippen LogP contribution in [0.1, 0.15) is 27.2 Å². The molecule has 0 bridgehead atoms. The fourth-order valence-electron chi connectivity index (χ4n) is 0.891. The Morgan fingerprint density at radius 3 is 2.31 bits per heavy atom. The second-order valence-electron chi connectivity index (χ2n) is 3.49. The predicted molar refractivity (Wildman–Crippen MR) is 52.8 cm³/mol. The fourth-order valence-corrected chi connectivity index (χ4v) is 1.78. The van der Waals surface area contributed by atoms with E-state index in [1.807, 2.05) is 20.8 Å². The van der Waals surface area contributed by atoms with E-state index >= 15 is 0 Å². The molecule has 0 aromatic heterocycles. The molecule has 0 saturated heterocycles. The molecule has 0 aromatic carbocycles. The van der Waals surface area contributed by atoms with Gasteiger partial charge >= 0.3 is 0 Å². The number of rotatable bonds is 6. The molecule has 4 nitrogen and oxygen atoms in total. The lowest BCUT2D eigenvalue weighted by Gasteiger charge is -2.14. The standard InChI is InChI=1S/C8H19NO3S/c1-4-8(3)12-5-7(2)6-13(9,10)11/h7-8H,4-6H2,1-3H3,(H2,9,10,11). The molecule has 13 heavy (non-hydrogen) atoms. The molecule has 0 aliphatic rings. The van der Waals surface area contributed by atoms with Crippen LogP contribution in [0.15, 0.2) is 0 Å². The maximum absolute atomic E-state index is 10.7. The van der Waals surface area contributed by atoms with Crippen LogP contribution in [0.2, 0.25) is 0 Å². The van der Waals surface area contributed by atoms with Gasteiger partial charge in [-0.3, -0.25) is 0 Å². The Hall–Kier alpha value is -0.130. The van der Waals surface area contributed by atoms with Crippen LogP contribution in [0.5, 0.6) is 0 Å². The minimum atomic E-state index is -3.36. The molecule has 2 atom stereocenters. The smallest absolute Gasteiger partial charge is 0.209 e. The summed E-state index contributed by atoms with van der Waals surface area (Å²) in [4.78, 5) is 0. The first kappa shape index (κ1) is 12.9. The van der Waals surface area contributed by atoms with Crippen molar-refractivity contribution in [3.8, 4) is 0 Å². The van der Waals surface area contributed by atoms with Crippen LogP contribution in [0.4, 0.5) is 0 Å². The lowest BCUT2D eigenvalue weighted by Crippen LogP contribution is -2.25. The van der Waals surface area contributed by atoms with E-state index in [0.717, 1.165) is 6.42 Å². The van der Waals surface area contributed by atoms with Gasteiger partial charge in [-0.2, -0.15) is 0 Å². The first-order valence-corrected chi connectivity index (χ1v) is 6.18. The van der Waals surface area contributed by atoms with Gasteiger partial charge in [-0.1, -0.05) is 13.8 Å². The quantitative estimate of drug-likeness (QED) is 0.701. The summed E-state index contributed by atoms with van der Waals surface area (Å²) in [6.07, 6.45) is 1.12. The molecule has 5 heteroatoms. The third-order valence-corrected chi connectivity index (χ3v) is 2.79. The highest BCUT2D eigenvalue weighted by Gasteiger charge is 2.11. The summed E-state index contributed by atoms with van der Waals surface area (Å²) in [5.74, 6) is -0.0484. The van der Waals surface area contributed by atoms with Gasteiger partial charge in [0.05, 0.1) is 18.5 Å². The van der Waals surface area contributed by atoms with Crippen LogP contribution in [-0.2, 0) is 14.8 Å². The van der Waals surface area contributed by atoms with Gasteiger partial charge in [0, 0.05) is 0 Å². The molecule has 80 valence electrons. The molecule has 2 unspecified atom stereocenters. The van der Waals surface area contributed by atoms with Crippen LogP contribution < -0.4 is 5.14 Å². The number of hydrogen-bond acceptors (Lipinski definition) is 3. The molecule has 0 heterocycles. The van der Waals surface area contributed by atoms with Gasteiger partial charge in [-0.05, 0) is 19.3 Å². The molecule has 0 aromatic rings. The molecule has 0 spiro atoms. The van der Waals surface area contributed by atoms with Gasteiger partial charge in [-0.15, -0.1) is 0 Å². The normalized spacial score (nSPS) is 16.9. The topological polar surface area (TPSA) is 69.4 Å². The lowest BCUT2D eigenvalue weighted by atomic mass is 10.2. The van der Waals surface area contributed by atoms with Crippen molar-refractivity contribution in [2.24, 2.45) is 11.1 Å². The van der Waals surface area contributed by atoms with Crippen LogP contribution in [0.3, 0.4) is 0 Å². The highest BCUT2D eigenvalue weighted by Crippen LogP contribution is 2.03. The summed E-state index contributed by atoms with van der Waals surface area (Å²) in [7, 11) is -3.36. The third kappa shape index (κ3) is 8.21. The Balaban J connectivity index is 3.70. The number of nitrogens with two attached hydrogens (primary N) is 1. The molecular formula is C8H19NO3S. The average molecular weight is 209 g/mol. The zero-order valence-corrected chi connectivity index (χ0v) is 9.30. The summed E-state index contributed by atoms with van der Waals surface area (Å²) in [6.45, 7) is 6.25.